The van der Waals surface area contributed by atoms with Crippen LogP contribution in [0.4, 0.5) is 0 Å². The van der Waals surface area contributed by atoms with Gasteiger partial charge in [0.2, 0.25) is 9.84 Å². The van der Waals surface area contributed by atoms with E-state index < -0.39 is 33.2 Å². The number of rotatable bonds is 9. The van der Waals surface area contributed by atoms with E-state index in [1.54, 1.807) is 36.4 Å². The van der Waals surface area contributed by atoms with Gasteiger partial charge in [-0.3, -0.25) is 0 Å². The van der Waals surface area contributed by atoms with Crippen LogP contribution in [0.15, 0.2) is 70.5 Å². The van der Waals surface area contributed by atoms with Crippen LogP contribution in [0.2, 0.25) is 5.02 Å². The van der Waals surface area contributed by atoms with E-state index in [0.29, 0.717) is 18.0 Å². The summed E-state index contributed by atoms with van der Waals surface area (Å²) in [6.07, 6.45) is -0.109. The normalized spacial score (nSPS) is 13.0. The second-order valence-electron chi connectivity index (χ2n) is 8.17. The molecule has 0 aromatic heterocycles. The van der Waals surface area contributed by atoms with Gasteiger partial charge in [0.05, 0.1) is 15.9 Å². The summed E-state index contributed by atoms with van der Waals surface area (Å²) in [5.41, 5.74) is 1.39. The van der Waals surface area contributed by atoms with Crippen LogP contribution in [-0.4, -0.2) is 42.3 Å². The van der Waals surface area contributed by atoms with Gasteiger partial charge in [0.15, 0.2) is 0 Å². The predicted octanol–water partition coefficient (Wildman–Crippen LogP) is 1.26. The second kappa shape index (κ2) is 12.4. The molecule has 0 amide bonds. The Kier molecular flexibility index (Phi) is 10.4. The standard InChI is InChI=1S/C25H26ClNO6S.Na.H/c1-15-10-22(28)21(25(30)31)13-24(15)34(32,33)20-8-6-17(7-9-20)11-16(2)27-14-23(29)18-4-3-5-19(26)12-18;;/h3-10,12-13,16,23,27-29H,11,14H2,1-2H3,(H,30,31);;/q;+1;-1/t16-,23-;;/m1../s1. The molecular formula is C25H27ClNNaO6S. The van der Waals surface area contributed by atoms with Crippen LogP contribution in [-0.2, 0) is 16.3 Å². The Morgan fingerprint density at radius 1 is 1.11 bits per heavy atom. The first-order valence-corrected chi connectivity index (χ1v) is 12.4. The minimum atomic E-state index is -3.98. The Morgan fingerprint density at radius 3 is 2.37 bits per heavy atom. The van der Waals surface area contributed by atoms with E-state index >= 15 is 0 Å². The number of hydrogen-bond donors (Lipinski definition) is 4. The largest absolute Gasteiger partial charge is 1.00 e. The fourth-order valence-corrected chi connectivity index (χ4v) is 5.34. The van der Waals surface area contributed by atoms with Gasteiger partial charge in [-0.2, -0.15) is 0 Å². The first-order valence-electron chi connectivity index (χ1n) is 10.6. The van der Waals surface area contributed by atoms with Crippen LogP contribution >= 0.6 is 11.6 Å². The molecule has 3 aromatic rings. The number of aromatic hydroxyl groups is 1. The summed E-state index contributed by atoms with van der Waals surface area (Å²) in [7, 11) is -3.98. The molecule has 0 aliphatic carbocycles. The summed E-state index contributed by atoms with van der Waals surface area (Å²) in [5.74, 6) is -1.90. The number of aliphatic hydroxyl groups excluding tert-OH is 1. The molecule has 4 N–H and O–H groups in total. The van der Waals surface area contributed by atoms with Crippen molar-refractivity contribution in [3.05, 3.63) is 87.9 Å². The maximum Gasteiger partial charge on any atom is 1.00 e. The van der Waals surface area contributed by atoms with E-state index in [1.165, 1.54) is 19.1 Å². The fourth-order valence-electron chi connectivity index (χ4n) is 3.64. The number of halogens is 1. The zero-order chi connectivity index (χ0) is 25.0. The van der Waals surface area contributed by atoms with E-state index in [-0.39, 0.29) is 52.4 Å². The van der Waals surface area contributed by atoms with E-state index in [4.69, 9.17) is 11.6 Å². The fraction of sp³-hybridized carbons (Fsp3) is 0.240. The third kappa shape index (κ3) is 7.30. The van der Waals surface area contributed by atoms with E-state index in [9.17, 15) is 28.5 Å². The molecule has 7 nitrogen and oxygen atoms in total. The van der Waals surface area contributed by atoms with E-state index in [0.717, 1.165) is 23.3 Å². The average molecular weight is 528 g/mol. The number of carbonyl (C=O) groups is 1. The van der Waals surface area contributed by atoms with Gasteiger partial charge < -0.3 is 22.1 Å². The SMILES string of the molecule is Cc1cc(O)c(C(=O)O)cc1S(=O)(=O)c1ccc(C[C@@H](C)NC[C@@H](O)c2cccc(Cl)c2)cc1.[H-].[Na+]. The zero-order valence-corrected chi connectivity index (χ0v) is 23.3. The molecular weight excluding hydrogens is 501 g/mol. The van der Waals surface area contributed by atoms with Crippen molar-refractivity contribution in [1.29, 1.82) is 0 Å². The Labute approximate surface area is 233 Å². The van der Waals surface area contributed by atoms with Gasteiger partial charge in [-0.15, -0.1) is 0 Å². The van der Waals surface area contributed by atoms with Crippen molar-refractivity contribution < 1.29 is 59.5 Å². The maximum atomic E-state index is 13.1. The van der Waals surface area contributed by atoms with Crippen LogP contribution in [0.25, 0.3) is 0 Å². The monoisotopic (exact) mass is 527 g/mol. The topological polar surface area (TPSA) is 124 Å². The van der Waals surface area contributed by atoms with Crippen LogP contribution < -0.4 is 34.9 Å². The molecule has 0 saturated carbocycles. The van der Waals surface area contributed by atoms with Crippen LogP contribution in [0.5, 0.6) is 5.75 Å². The summed E-state index contributed by atoms with van der Waals surface area (Å²) in [4.78, 5) is 11.2. The van der Waals surface area contributed by atoms with Crippen LogP contribution in [0.1, 0.15) is 41.5 Å². The minimum absolute atomic E-state index is 0. The van der Waals surface area contributed by atoms with E-state index in [1.807, 2.05) is 6.92 Å². The van der Waals surface area contributed by atoms with Gasteiger partial charge in [-0.25, -0.2) is 13.2 Å². The molecule has 0 fully saturated rings. The molecule has 0 radical (unpaired) electrons. The molecule has 0 spiro atoms. The maximum absolute atomic E-state index is 13.1. The quantitative estimate of drug-likeness (QED) is 0.309. The number of hydrogen-bond acceptors (Lipinski definition) is 6. The van der Waals surface area contributed by atoms with Gasteiger partial charge in [0, 0.05) is 17.6 Å². The van der Waals surface area contributed by atoms with Crippen molar-refractivity contribution >= 4 is 27.4 Å². The average Bonchev–Trinajstić information content (AvgIpc) is 2.77. The third-order valence-electron chi connectivity index (χ3n) is 5.48. The van der Waals surface area contributed by atoms with E-state index in [2.05, 4.69) is 5.32 Å². The Hall–Kier alpha value is -1.91. The van der Waals surface area contributed by atoms with Crippen LogP contribution in [0.3, 0.4) is 0 Å². The molecule has 10 heteroatoms. The van der Waals surface area contributed by atoms with Gasteiger partial charge >= 0.3 is 35.5 Å². The van der Waals surface area contributed by atoms with Crippen molar-refractivity contribution in [2.75, 3.05) is 6.54 Å². The van der Waals surface area contributed by atoms with Crippen molar-refractivity contribution in [2.45, 2.75) is 42.2 Å². The summed E-state index contributed by atoms with van der Waals surface area (Å²) < 4.78 is 26.2. The molecule has 2 atom stereocenters. The van der Waals surface area contributed by atoms with Crippen molar-refractivity contribution in [1.82, 2.24) is 5.32 Å². The number of phenols is 1. The Morgan fingerprint density at radius 2 is 1.77 bits per heavy atom. The number of aromatic carboxylic acids is 1. The second-order valence-corrected chi connectivity index (χ2v) is 10.5. The molecule has 3 rings (SSSR count). The number of aryl methyl sites for hydroxylation is 1. The molecule has 0 aliphatic heterocycles. The first kappa shape index (κ1) is 29.3. The number of aliphatic hydroxyl groups is 1. The Bertz CT molecular complexity index is 1300. The number of carboxylic acids is 1. The molecule has 182 valence electrons. The summed E-state index contributed by atoms with van der Waals surface area (Å²) >= 11 is 5.97. The van der Waals surface area contributed by atoms with Crippen LogP contribution in [0, 0.1) is 6.92 Å². The minimum Gasteiger partial charge on any atom is -1.00 e. The molecule has 0 aliphatic rings. The predicted molar refractivity (Wildman–Crippen MR) is 130 cm³/mol. The molecule has 35 heavy (non-hydrogen) atoms. The zero-order valence-electron chi connectivity index (χ0n) is 20.7. The van der Waals surface area contributed by atoms with Crippen molar-refractivity contribution in [3.63, 3.8) is 0 Å². The molecule has 0 unspecified atom stereocenters. The number of nitrogens with one attached hydrogen (secondary N) is 1. The summed E-state index contributed by atoms with van der Waals surface area (Å²) in [6, 6.07) is 15.5. The van der Waals surface area contributed by atoms with Gasteiger partial charge in [0.25, 0.3) is 0 Å². The van der Waals surface area contributed by atoms with Crippen molar-refractivity contribution in [3.8, 4) is 5.75 Å². The molecule has 0 bridgehead atoms. The Balaban J connectivity index is 0.00000324. The van der Waals surface area contributed by atoms with Gasteiger partial charge in [0.1, 0.15) is 11.3 Å². The first-order chi connectivity index (χ1) is 16.0. The summed E-state index contributed by atoms with van der Waals surface area (Å²) in [5, 5.41) is 33.2. The number of carboxylic acid groups (broad SMARTS) is 1. The smallest absolute Gasteiger partial charge is 1.00 e. The van der Waals surface area contributed by atoms with Gasteiger partial charge in [-0.1, -0.05) is 35.9 Å². The molecule has 3 aromatic carbocycles. The van der Waals surface area contributed by atoms with Crippen molar-refractivity contribution in [2.24, 2.45) is 0 Å². The molecule has 0 heterocycles. The number of sulfone groups is 1. The van der Waals surface area contributed by atoms with Gasteiger partial charge in [-0.05, 0) is 73.4 Å². The number of benzene rings is 3. The molecule has 0 saturated heterocycles. The summed E-state index contributed by atoms with van der Waals surface area (Å²) in [6.45, 7) is 3.79. The third-order valence-corrected chi connectivity index (χ3v) is 7.63.